The summed E-state index contributed by atoms with van der Waals surface area (Å²) in [6.07, 6.45) is 0.378. The van der Waals surface area contributed by atoms with Crippen molar-refractivity contribution in [2.75, 3.05) is 0 Å². The van der Waals surface area contributed by atoms with Crippen molar-refractivity contribution in [3.63, 3.8) is 0 Å². The van der Waals surface area contributed by atoms with Crippen molar-refractivity contribution in [3.05, 3.63) is 106 Å². The lowest BCUT2D eigenvalue weighted by molar-refractivity contribution is -0.114. The van der Waals surface area contributed by atoms with Crippen LogP contribution in [0.3, 0.4) is 0 Å². The Balaban J connectivity index is 1.66. The van der Waals surface area contributed by atoms with E-state index in [-0.39, 0.29) is 24.4 Å². The molecule has 2 atom stereocenters. The van der Waals surface area contributed by atoms with Crippen LogP contribution in [-0.2, 0) is 35.5 Å². The van der Waals surface area contributed by atoms with Gasteiger partial charge in [0.25, 0.3) is 0 Å². The fourth-order valence-corrected chi connectivity index (χ4v) is 3.59. The van der Waals surface area contributed by atoms with Crippen LogP contribution in [0.5, 0.6) is 0 Å². The van der Waals surface area contributed by atoms with E-state index in [1.54, 1.807) is 12.1 Å². The first-order valence-electron chi connectivity index (χ1n) is 11.6. The number of carbonyl (C=O) groups excluding carboxylic acids is 2. The molecular weight excluding hydrogens is 448 g/mol. The van der Waals surface area contributed by atoms with Crippen LogP contribution in [0.15, 0.2) is 72.8 Å². The summed E-state index contributed by atoms with van der Waals surface area (Å²) in [7, 11) is 0. The molecule has 0 spiro atoms. The molecule has 3 aromatic rings. The van der Waals surface area contributed by atoms with Crippen molar-refractivity contribution in [2.45, 2.75) is 38.0 Å². The number of Topliss-reactive ketones (excluding diaryl/α,β-unsaturated/α-hetero) is 2. The number of benzene rings is 3. The van der Waals surface area contributed by atoms with Crippen molar-refractivity contribution >= 4 is 11.6 Å². The van der Waals surface area contributed by atoms with Gasteiger partial charge in [-0.1, -0.05) is 84.6 Å². The highest BCUT2D eigenvalue weighted by molar-refractivity contribution is 5.97. The molecule has 0 heterocycles. The second-order valence-corrected chi connectivity index (χ2v) is 8.36. The summed E-state index contributed by atoms with van der Waals surface area (Å²) in [6, 6.07) is 20.8. The lowest BCUT2D eigenvalue weighted by atomic mass is 9.96. The van der Waals surface area contributed by atoms with E-state index in [1.807, 2.05) is 60.7 Å². The van der Waals surface area contributed by atoms with Crippen LogP contribution in [0.2, 0.25) is 0 Å². The molecule has 8 N–H and O–H groups in total. The number of rotatable bonds is 8. The molecule has 182 valence electrons. The van der Waals surface area contributed by atoms with Gasteiger partial charge in [0.1, 0.15) is 0 Å². The van der Waals surface area contributed by atoms with E-state index >= 15 is 0 Å². The van der Waals surface area contributed by atoms with Gasteiger partial charge >= 0.3 is 0 Å². The molecule has 36 heavy (non-hydrogen) atoms. The van der Waals surface area contributed by atoms with Crippen molar-refractivity contribution in [3.8, 4) is 23.7 Å². The van der Waals surface area contributed by atoms with Crippen LogP contribution < -0.4 is 22.9 Å². The topological polar surface area (TPSA) is 138 Å². The highest BCUT2D eigenvalue weighted by Gasteiger charge is 2.13. The lowest BCUT2D eigenvalue weighted by Crippen LogP contribution is -2.17. The van der Waals surface area contributed by atoms with E-state index in [2.05, 4.69) is 23.7 Å². The van der Waals surface area contributed by atoms with Crippen molar-refractivity contribution in [1.29, 1.82) is 0 Å². The van der Waals surface area contributed by atoms with Crippen LogP contribution in [0.4, 0.5) is 0 Å². The molecule has 3 aromatic carbocycles. The highest BCUT2D eigenvalue weighted by atomic mass is 16.1. The minimum atomic E-state index is -0.727. The lowest BCUT2D eigenvalue weighted by Gasteiger charge is -2.14. The van der Waals surface area contributed by atoms with Gasteiger partial charge in [-0.25, -0.2) is 0 Å². The summed E-state index contributed by atoms with van der Waals surface area (Å²) in [5.74, 6) is 10.4. The summed E-state index contributed by atoms with van der Waals surface area (Å²) in [5.41, 5.74) is 28.8. The molecule has 0 bridgehead atoms. The van der Waals surface area contributed by atoms with Crippen LogP contribution in [0, 0.1) is 23.7 Å². The van der Waals surface area contributed by atoms with Gasteiger partial charge in [0.15, 0.2) is 0 Å². The molecular formula is C30H30N4O2. The van der Waals surface area contributed by atoms with Gasteiger partial charge in [-0.3, -0.25) is 9.59 Å². The number of carbonyl (C=O) groups is 2. The Morgan fingerprint density at radius 1 is 0.583 bits per heavy atom. The first-order valence-corrected chi connectivity index (χ1v) is 11.6. The van der Waals surface area contributed by atoms with E-state index in [0.29, 0.717) is 24.2 Å². The van der Waals surface area contributed by atoms with Crippen molar-refractivity contribution < 1.29 is 9.59 Å². The maximum Gasteiger partial charge on any atom is 0.209 e. The van der Waals surface area contributed by atoms with E-state index < -0.39 is 12.1 Å². The second kappa shape index (κ2) is 13.2. The predicted molar refractivity (Wildman–Crippen MR) is 142 cm³/mol. The summed E-state index contributed by atoms with van der Waals surface area (Å²) < 4.78 is 0. The minimum Gasteiger partial charge on any atom is -0.326 e. The maximum atomic E-state index is 12.3. The highest BCUT2D eigenvalue weighted by Crippen LogP contribution is 2.21. The number of hydrogen-bond donors (Lipinski definition) is 4. The number of ketones is 2. The van der Waals surface area contributed by atoms with E-state index in [9.17, 15) is 9.59 Å². The average molecular weight is 479 g/mol. The third kappa shape index (κ3) is 7.74. The molecule has 0 aliphatic rings. The zero-order valence-electron chi connectivity index (χ0n) is 20.0. The zero-order chi connectivity index (χ0) is 25.9. The third-order valence-electron chi connectivity index (χ3n) is 5.65. The normalized spacial score (nSPS) is 11.9. The van der Waals surface area contributed by atoms with E-state index in [4.69, 9.17) is 22.9 Å². The monoisotopic (exact) mass is 478 g/mol. The van der Waals surface area contributed by atoms with Crippen molar-refractivity contribution in [2.24, 2.45) is 22.9 Å². The Bertz CT molecular complexity index is 1220. The Morgan fingerprint density at radius 3 is 1.25 bits per heavy atom. The third-order valence-corrected chi connectivity index (χ3v) is 5.65. The molecule has 6 nitrogen and oxygen atoms in total. The maximum absolute atomic E-state index is 12.3. The molecule has 0 saturated heterocycles. The standard InChI is InChI=1S/C30H30N4O2/c31-19-23-9-5-21(6-10-23)17-25(35)13-15-29(33)27-3-1-2-4-28(27)30(34)16-14-26(36)18-22-7-11-24(20-32)12-8-22/h1-12,29-30H,17-20,31-34H2. The first-order chi connectivity index (χ1) is 17.4. The van der Waals surface area contributed by atoms with Gasteiger partial charge in [0, 0.05) is 25.9 Å². The number of hydrogen-bond acceptors (Lipinski definition) is 6. The smallest absolute Gasteiger partial charge is 0.209 e. The first kappa shape index (κ1) is 26.6. The summed E-state index contributed by atoms with van der Waals surface area (Å²) >= 11 is 0. The number of nitrogens with two attached hydrogens (primary N) is 4. The Labute approximate surface area is 212 Å². The summed E-state index contributed by atoms with van der Waals surface area (Å²) in [4.78, 5) is 24.7. The predicted octanol–water partition coefficient (Wildman–Crippen LogP) is 2.23. The summed E-state index contributed by atoms with van der Waals surface area (Å²) in [5, 5.41) is 0. The van der Waals surface area contributed by atoms with Crippen LogP contribution in [-0.4, -0.2) is 11.6 Å². The quantitative estimate of drug-likeness (QED) is 0.289. The van der Waals surface area contributed by atoms with Crippen LogP contribution >= 0.6 is 0 Å². The Kier molecular flexibility index (Phi) is 9.71. The van der Waals surface area contributed by atoms with Gasteiger partial charge in [-0.15, -0.1) is 0 Å². The van der Waals surface area contributed by atoms with Crippen LogP contribution in [0.25, 0.3) is 0 Å². The average Bonchev–Trinajstić information content (AvgIpc) is 2.91. The molecule has 0 radical (unpaired) electrons. The molecule has 0 amide bonds. The molecule has 2 unspecified atom stereocenters. The summed E-state index contributed by atoms with van der Waals surface area (Å²) in [6.45, 7) is 0.901. The minimum absolute atomic E-state index is 0.189. The molecule has 0 saturated carbocycles. The van der Waals surface area contributed by atoms with Gasteiger partial charge in [-0.2, -0.15) is 0 Å². The van der Waals surface area contributed by atoms with Gasteiger partial charge in [0.05, 0.1) is 12.1 Å². The SMILES string of the molecule is NCc1ccc(CC(=O)C#CC(N)c2ccccc2C(N)C#CC(=O)Cc2ccc(CN)cc2)cc1. The fraction of sp³-hybridized carbons (Fsp3) is 0.200. The molecule has 6 heteroatoms. The Morgan fingerprint density at radius 2 is 0.917 bits per heavy atom. The largest absolute Gasteiger partial charge is 0.326 e. The van der Waals surface area contributed by atoms with Crippen LogP contribution in [0.1, 0.15) is 45.5 Å². The van der Waals surface area contributed by atoms with Gasteiger partial charge in [-0.05, 0) is 45.2 Å². The van der Waals surface area contributed by atoms with Gasteiger partial charge < -0.3 is 22.9 Å². The van der Waals surface area contributed by atoms with E-state index in [0.717, 1.165) is 22.3 Å². The fourth-order valence-electron chi connectivity index (χ4n) is 3.59. The molecule has 0 aliphatic carbocycles. The Hall–Kier alpha value is -4.04. The van der Waals surface area contributed by atoms with E-state index in [1.165, 1.54) is 0 Å². The zero-order valence-corrected chi connectivity index (χ0v) is 20.0. The van der Waals surface area contributed by atoms with Crippen molar-refractivity contribution in [1.82, 2.24) is 0 Å². The molecule has 0 aliphatic heterocycles. The molecule has 3 rings (SSSR count). The second-order valence-electron chi connectivity index (χ2n) is 8.36. The molecule has 0 fully saturated rings. The van der Waals surface area contributed by atoms with Gasteiger partial charge in [0.2, 0.25) is 11.6 Å². The molecule has 0 aromatic heterocycles.